The largest absolute Gasteiger partial charge is 0.316 e. The second-order valence-corrected chi connectivity index (χ2v) is 8.56. The molecule has 0 aromatic rings. The van der Waals surface area contributed by atoms with E-state index < -0.39 is 0 Å². The van der Waals surface area contributed by atoms with Crippen LogP contribution in [0.1, 0.15) is 79.1 Å². The van der Waals surface area contributed by atoms with E-state index in [1.807, 2.05) is 0 Å². The first-order chi connectivity index (χ1) is 9.52. The van der Waals surface area contributed by atoms with Gasteiger partial charge in [0.2, 0.25) is 0 Å². The maximum atomic E-state index is 3.71. The molecule has 2 fully saturated rings. The lowest BCUT2D eigenvalue weighted by Gasteiger charge is -2.46. The van der Waals surface area contributed by atoms with Gasteiger partial charge in [-0.05, 0) is 80.7 Å². The van der Waals surface area contributed by atoms with Crippen molar-refractivity contribution >= 4 is 0 Å². The molecule has 2 aliphatic carbocycles. The Hall–Kier alpha value is -0.0400. The summed E-state index contributed by atoms with van der Waals surface area (Å²) in [5.41, 5.74) is 0.592. The van der Waals surface area contributed by atoms with Crippen LogP contribution in [0.25, 0.3) is 0 Å². The van der Waals surface area contributed by atoms with E-state index in [0.717, 1.165) is 23.7 Å². The van der Waals surface area contributed by atoms with Crippen LogP contribution in [0.2, 0.25) is 0 Å². The molecule has 2 saturated carbocycles. The number of nitrogens with one attached hydrogen (secondary N) is 1. The number of rotatable bonds is 5. The highest BCUT2D eigenvalue weighted by Crippen LogP contribution is 2.48. The van der Waals surface area contributed by atoms with E-state index in [9.17, 15) is 0 Å². The minimum Gasteiger partial charge on any atom is -0.316 e. The van der Waals surface area contributed by atoms with E-state index in [1.165, 1.54) is 64.5 Å². The van der Waals surface area contributed by atoms with E-state index in [1.54, 1.807) is 0 Å². The Balaban J connectivity index is 1.94. The Morgan fingerprint density at radius 3 is 2.40 bits per heavy atom. The van der Waals surface area contributed by atoms with Crippen LogP contribution in [0.15, 0.2) is 0 Å². The molecule has 1 heteroatoms. The van der Waals surface area contributed by atoms with Crippen molar-refractivity contribution in [3.05, 3.63) is 0 Å². The van der Waals surface area contributed by atoms with Crippen molar-refractivity contribution < 1.29 is 0 Å². The Labute approximate surface area is 127 Å². The molecule has 0 aromatic carbocycles. The van der Waals surface area contributed by atoms with Crippen LogP contribution in [0.4, 0.5) is 0 Å². The SMILES string of the molecule is CCCNCC1CCC(C)(C)CC1C1CCC(C)CC1. The van der Waals surface area contributed by atoms with Gasteiger partial charge in [0.25, 0.3) is 0 Å². The monoisotopic (exact) mass is 279 g/mol. The summed E-state index contributed by atoms with van der Waals surface area (Å²) >= 11 is 0. The third-order valence-electron chi connectivity index (χ3n) is 6.09. The predicted octanol–water partition coefficient (Wildman–Crippen LogP) is 5.25. The molecule has 20 heavy (non-hydrogen) atoms. The molecule has 0 aliphatic heterocycles. The molecule has 0 radical (unpaired) electrons. The Kier molecular flexibility index (Phi) is 5.95. The van der Waals surface area contributed by atoms with E-state index >= 15 is 0 Å². The van der Waals surface area contributed by atoms with Gasteiger partial charge in [0.05, 0.1) is 0 Å². The van der Waals surface area contributed by atoms with Crippen LogP contribution in [0.5, 0.6) is 0 Å². The summed E-state index contributed by atoms with van der Waals surface area (Å²) in [6.45, 7) is 12.2. The summed E-state index contributed by atoms with van der Waals surface area (Å²) in [5, 5.41) is 3.71. The Bertz CT molecular complexity index is 275. The zero-order valence-corrected chi connectivity index (χ0v) is 14.4. The van der Waals surface area contributed by atoms with Crippen molar-refractivity contribution in [3.63, 3.8) is 0 Å². The van der Waals surface area contributed by atoms with E-state index in [4.69, 9.17) is 0 Å². The van der Waals surface area contributed by atoms with Crippen molar-refractivity contribution in [2.45, 2.75) is 79.1 Å². The molecule has 2 aliphatic rings. The maximum Gasteiger partial charge on any atom is -0.00178 e. The van der Waals surface area contributed by atoms with E-state index in [-0.39, 0.29) is 0 Å². The fourth-order valence-electron chi connectivity index (χ4n) is 4.68. The summed E-state index contributed by atoms with van der Waals surface area (Å²) in [5.74, 6) is 3.96. The van der Waals surface area contributed by atoms with Gasteiger partial charge in [0.15, 0.2) is 0 Å². The van der Waals surface area contributed by atoms with Gasteiger partial charge in [-0.25, -0.2) is 0 Å². The third kappa shape index (κ3) is 4.48. The summed E-state index contributed by atoms with van der Waals surface area (Å²) in [7, 11) is 0. The number of hydrogen-bond acceptors (Lipinski definition) is 1. The lowest BCUT2D eigenvalue weighted by Crippen LogP contribution is -2.40. The second-order valence-electron chi connectivity index (χ2n) is 8.56. The van der Waals surface area contributed by atoms with Crippen molar-refractivity contribution in [1.29, 1.82) is 0 Å². The van der Waals surface area contributed by atoms with Crippen molar-refractivity contribution in [3.8, 4) is 0 Å². The van der Waals surface area contributed by atoms with Gasteiger partial charge in [-0.2, -0.15) is 0 Å². The van der Waals surface area contributed by atoms with Crippen LogP contribution >= 0.6 is 0 Å². The predicted molar refractivity (Wildman–Crippen MR) is 88.9 cm³/mol. The van der Waals surface area contributed by atoms with Crippen LogP contribution in [0, 0.1) is 29.1 Å². The second kappa shape index (κ2) is 7.29. The van der Waals surface area contributed by atoms with Gasteiger partial charge in [0, 0.05) is 0 Å². The number of hydrogen-bond donors (Lipinski definition) is 1. The first-order valence-electron chi connectivity index (χ1n) is 9.22. The molecule has 0 bridgehead atoms. The summed E-state index contributed by atoms with van der Waals surface area (Å²) in [4.78, 5) is 0. The van der Waals surface area contributed by atoms with Crippen molar-refractivity contribution in [2.75, 3.05) is 13.1 Å². The van der Waals surface area contributed by atoms with Crippen LogP contribution in [-0.2, 0) is 0 Å². The normalized spacial score (nSPS) is 37.8. The highest BCUT2D eigenvalue weighted by atomic mass is 14.9. The summed E-state index contributed by atoms with van der Waals surface area (Å²) in [6, 6.07) is 0. The quantitative estimate of drug-likeness (QED) is 0.677. The minimum absolute atomic E-state index is 0.592. The third-order valence-corrected chi connectivity index (χ3v) is 6.09. The molecule has 0 aromatic heterocycles. The van der Waals surface area contributed by atoms with Gasteiger partial charge in [0.1, 0.15) is 0 Å². The molecule has 1 N–H and O–H groups in total. The van der Waals surface area contributed by atoms with E-state index in [2.05, 4.69) is 33.0 Å². The molecule has 2 unspecified atom stereocenters. The van der Waals surface area contributed by atoms with Crippen molar-refractivity contribution in [2.24, 2.45) is 29.1 Å². The molecule has 0 saturated heterocycles. The molecule has 2 rings (SSSR count). The topological polar surface area (TPSA) is 12.0 Å². The molecule has 0 heterocycles. The molecular formula is C19H37N. The molecule has 0 spiro atoms. The Morgan fingerprint density at radius 1 is 1.05 bits per heavy atom. The molecular weight excluding hydrogens is 242 g/mol. The highest BCUT2D eigenvalue weighted by Gasteiger charge is 2.39. The van der Waals surface area contributed by atoms with Gasteiger partial charge >= 0.3 is 0 Å². The van der Waals surface area contributed by atoms with Gasteiger partial charge in [-0.15, -0.1) is 0 Å². The fraction of sp³-hybridized carbons (Fsp3) is 1.00. The van der Waals surface area contributed by atoms with Gasteiger partial charge in [-0.3, -0.25) is 0 Å². The molecule has 2 atom stereocenters. The zero-order valence-electron chi connectivity index (χ0n) is 14.4. The fourth-order valence-corrected chi connectivity index (χ4v) is 4.68. The maximum absolute atomic E-state index is 3.71. The first kappa shape index (κ1) is 16.3. The molecule has 118 valence electrons. The lowest BCUT2D eigenvalue weighted by molar-refractivity contribution is 0.0516. The highest BCUT2D eigenvalue weighted by molar-refractivity contribution is 4.90. The van der Waals surface area contributed by atoms with Crippen LogP contribution in [-0.4, -0.2) is 13.1 Å². The van der Waals surface area contributed by atoms with Crippen molar-refractivity contribution in [1.82, 2.24) is 5.32 Å². The van der Waals surface area contributed by atoms with Gasteiger partial charge < -0.3 is 5.32 Å². The summed E-state index contributed by atoms with van der Waals surface area (Å²) in [6.07, 6.45) is 11.6. The van der Waals surface area contributed by atoms with Crippen LogP contribution < -0.4 is 5.32 Å². The standard InChI is InChI=1S/C19H37N/c1-5-12-20-14-17-10-11-19(3,4)13-18(17)16-8-6-15(2)7-9-16/h15-18,20H,5-14H2,1-4H3. The lowest BCUT2D eigenvalue weighted by atomic mass is 9.60. The summed E-state index contributed by atoms with van der Waals surface area (Å²) < 4.78 is 0. The van der Waals surface area contributed by atoms with E-state index in [0.29, 0.717) is 5.41 Å². The average molecular weight is 280 g/mol. The van der Waals surface area contributed by atoms with Gasteiger partial charge in [-0.1, -0.05) is 40.5 Å². The minimum atomic E-state index is 0.592. The zero-order chi connectivity index (χ0) is 14.6. The molecule has 1 nitrogen and oxygen atoms in total. The average Bonchev–Trinajstić information content (AvgIpc) is 2.41. The Morgan fingerprint density at radius 2 is 1.75 bits per heavy atom. The van der Waals surface area contributed by atoms with Crippen LogP contribution in [0.3, 0.4) is 0 Å². The first-order valence-corrected chi connectivity index (χ1v) is 9.22. The smallest absolute Gasteiger partial charge is 0.00178 e. The molecule has 0 amide bonds.